The lowest BCUT2D eigenvalue weighted by molar-refractivity contribution is 0.304. The van der Waals surface area contributed by atoms with Gasteiger partial charge in [-0.1, -0.05) is 105 Å². The van der Waals surface area contributed by atoms with E-state index in [1.165, 1.54) is 0 Å². The molecule has 160 valence electrons. The molecule has 0 saturated carbocycles. The standard InChI is InChI=1S/C28H31FN2/c1-3-4-6-15-27(29)20-23-16-18-25(19-17-23)28(24-12-7-5-8-13-24)31-30-21-26-14-10-9-11-22(26)2/h5,7-14,16-19,21,27H,3-4,6,15,20H2,1-2H3. The Morgan fingerprint density at radius 1 is 0.871 bits per heavy atom. The van der Waals surface area contributed by atoms with Crippen LogP contribution in [0.15, 0.2) is 89.1 Å². The average molecular weight is 415 g/mol. The molecule has 0 spiro atoms. The largest absolute Gasteiger partial charge is 0.247 e. The van der Waals surface area contributed by atoms with Crippen LogP contribution in [0, 0.1) is 6.92 Å². The third-order valence-corrected chi connectivity index (χ3v) is 5.40. The van der Waals surface area contributed by atoms with E-state index in [0.29, 0.717) is 12.8 Å². The maximum Gasteiger partial charge on any atom is 0.104 e. The SMILES string of the molecule is CCCCCC(F)Cc1ccc(C(=NN=Cc2ccccc2C)c2ccccc2)cc1. The second-order valence-corrected chi connectivity index (χ2v) is 7.91. The van der Waals surface area contributed by atoms with Crippen LogP contribution in [0.5, 0.6) is 0 Å². The van der Waals surface area contributed by atoms with E-state index in [1.807, 2.05) is 72.8 Å². The molecule has 0 aliphatic rings. The van der Waals surface area contributed by atoms with Gasteiger partial charge in [0, 0.05) is 17.5 Å². The number of unbranched alkanes of at least 4 members (excludes halogenated alkanes) is 2. The van der Waals surface area contributed by atoms with Crippen LogP contribution in [0.3, 0.4) is 0 Å². The predicted molar refractivity (Wildman–Crippen MR) is 130 cm³/mol. The summed E-state index contributed by atoms with van der Waals surface area (Å²) in [5.74, 6) is 0. The van der Waals surface area contributed by atoms with Gasteiger partial charge in [-0.3, -0.25) is 0 Å². The molecule has 3 aromatic rings. The molecule has 3 heteroatoms. The minimum absolute atomic E-state index is 0.466. The molecule has 0 bridgehead atoms. The lowest BCUT2D eigenvalue weighted by Gasteiger charge is -2.10. The van der Waals surface area contributed by atoms with Crippen LogP contribution in [0.1, 0.15) is 60.4 Å². The van der Waals surface area contributed by atoms with E-state index in [4.69, 9.17) is 0 Å². The van der Waals surface area contributed by atoms with Crippen molar-refractivity contribution in [3.05, 3.63) is 107 Å². The molecule has 0 saturated heterocycles. The fourth-order valence-electron chi connectivity index (χ4n) is 3.53. The minimum Gasteiger partial charge on any atom is -0.247 e. The summed E-state index contributed by atoms with van der Waals surface area (Å²) < 4.78 is 14.3. The summed E-state index contributed by atoms with van der Waals surface area (Å²) in [4.78, 5) is 0. The van der Waals surface area contributed by atoms with Crippen molar-refractivity contribution >= 4 is 11.9 Å². The van der Waals surface area contributed by atoms with Crippen molar-refractivity contribution in [1.82, 2.24) is 0 Å². The molecule has 0 aromatic heterocycles. The van der Waals surface area contributed by atoms with Crippen molar-refractivity contribution in [2.24, 2.45) is 10.2 Å². The lowest BCUT2D eigenvalue weighted by Crippen LogP contribution is -2.06. The summed E-state index contributed by atoms with van der Waals surface area (Å²) in [5, 5.41) is 8.92. The summed E-state index contributed by atoms with van der Waals surface area (Å²) in [5.41, 5.74) is 6.00. The Kier molecular flexibility index (Phi) is 8.71. The number of nitrogens with zero attached hydrogens (tertiary/aromatic N) is 2. The van der Waals surface area contributed by atoms with Crippen molar-refractivity contribution in [3.63, 3.8) is 0 Å². The van der Waals surface area contributed by atoms with Crippen LogP contribution in [0.4, 0.5) is 4.39 Å². The third-order valence-electron chi connectivity index (χ3n) is 5.40. The van der Waals surface area contributed by atoms with Crippen LogP contribution in [-0.4, -0.2) is 18.1 Å². The zero-order valence-corrected chi connectivity index (χ0v) is 18.5. The van der Waals surface area contributed by atoms with Crippen molar-refractivity contribution in [1.29, 1.82) is 0 Å². The van der Waals surface area contributed by atoms with Crippen molar-refractivity contribution in [2.75, 3.05) is 0 Å². The fourth-order valence-corrected chi connectivity index (χ4v) is 3.53. The molecule has 0 aliphatic heterocycles. The highest BCUT2D eigenvalue weighted by Gasteiger charge is 2.10. The van der Waals surface area contributed by atoms with Crippen molar-refractivity contribution in [2.45, 2.75) is 52.1 Å². The second-order valence-electron chi connectivity index (χ2n) is 7.91. The number of hydrogen-bond donors (Lipinski definition) is 0. The van der Waals surface area contributed by atoms with Gasteiger partial charge in [-0.2, -0.15) is 5.10 Å². The first-order valence-electron chi connectivity index (χ1n) is 11.1. The molecule has 31 heavy (non-hydrogen) atoms. The molecule has 1 unspecified atom stereocenters. The van der Waals surface area contributed by atoms with Crippen LogP contribution < -0.4 is 0 Å². The zero-order chi connectivity index (χ0) is 21.9. The molecule has 0 heterocycles. The molecule has 0 fully saturated rings. The molecule has 0 amide bonds. The minimum atomic E-state index is -0.779. The van der Waals surface area contributed by atoms with Crippen LogP contribution in [0.25, 0.3) is 0 Å². The quantitative estimate of drug-likeness (QED) is 0.188. The predicted octanol–water partition coefficient (Wildman–Crippen LogP) is 7.33. The second kappa shape index (κ2) is 11.9. The third kappa shape index (κ3) is 6.99. The van der Waals surface area contributed by atoms with Crippen LogP contribution in [0.2, 0.25) is 0 Å². The summed E-state index contributed by atoms with van der Waals surface area (Å²) in [6, 6.07) is 26.2. The van der Waals surface area contributed by atoms with E-state index in [0.717, 1.165) is 52.8 Å². The number of halogens is 1. The highest BCUT2D eigenvalue weighted by Crippen LogP contribution is 2.17. The van der Waals surface area contributed by atoms with E-state index >= 15 is 0 Å². The number of rotatable bonds is 10. The van der Waals surface area contributed by atoms with E-state index in [1.54, 1.807) is 6.21 Å². The van der Waals surface area contributed by atoms with Crippen molar-refractivity contribution < 1.29 is 4.39 Å². The molecule has 0 radical (unpaired) electrons. The van der Waals surface area contributed by atoms with E-state index < -0.39 is 6.17 Å². The van der Waals surface area contributed by atoms with Gasteiger partial charge >= 0.3 is 0 Å². The van der Waals surface area contributed by atoms with Crippen molar-refractivity contribution in [3.8, 4) is 0 Å². The first-order chi connectivity index (χ1) is 15.2. The summed E-state index contributed by atoms with van der Waals surface area (Å²) in [6.07, 6.45) is 5.29. The van der Waals surface area contributed by atoms with Gasteiger partial charge in [0.1, 0.15) is 11.9 Å². The Bertz CT molecular complexity index is 991. The van der Waals surface area contributed by atoms with E-state index in [9.17, 15) is 4.39 Å². The van der Waals surface area contributed by atoms with Gasteiger partial charge < -0.3 is 0 Å². The van der Waals surface area contributed by atoms with Gasteiger partial charge in [-0.05, 0) is 30.0 Å². The Morgan fingerprint density at radius 3 is 2.26 bits per heavy atom. The molecular formula is C28H31FN2. The molecule has 3 rings (SSSR count). The van der Waals surface area contributed by atoms with Gasteiger partial charge in [0.25, 0.3) is 0 Å². The number of hydrogen-bond acceptors (Lipinski definition) is 2. The van der Waals surface area contributed by atoms with Gasteiger partial charge in [0.05, 0.1) is 6.21 Å². The lowest BCUT2D eigenvalue weighted by atomic mass is 9.98. The maximum atomic E-state index is 14.3. The van der Waals surface area contributed by atoms with Gasteiger partial charge in [-0.25, -0.2) is 4.39 Å². The smallest absolute Gasteiger partial charge is 0.104 e. The number of aryl methyl sites for hydroxylation is 1. The molecule has 0 aliphatic carbocycles. The molecule has 3 aromatic carbocycles. The Balaban J connectivity index is 1.79. The maximum absolute atomic E-state index is 14.3. The molecule has 1 atom stereocenters. The summed E-state index contributed by atoms with van der Waals surface area (Å²) in [6.45, 7) is 4.20. The van der Waals surface area contributed by atoms with Gasteiger partial charge in [-0.15, -0.1) is 5.10 Å². The number of benzene rings is 3. The Labute approximate surface area is 185 Å². The average Bonchev–Trinajstić information content (AvgIpc) is 2.79. The van der Waals surface area contributed by atoms with Crippen LogP contribution >= 0.6 is 0 Å². The topological polar surface area (TPSA) is 24.7 Å². The van der Waals surface area contributed by atoms with E-state index in [-0.39, 0.29) is 0 Å². The molecule has 0 N–H and O–H groups in total. The van der Waals surface area contributed by atoms with Gasteiger partial charge in [0.15, 0.2) is 0 Å². The summed E-state index contributed by atoms with van der Waals surface area (Å²) >= 11 is 0. The van der Waals surface area contributed by atoms with Gasteiger partial charge in [0.2, 0.25) is 0 Å². The highest BCUT2D eigenvalue weighted by molar-refractivity contribution is 6.13. The molecule has 2 nitrogen and oxygen atoms in total. The first-order valence-corrected chi connectivity index (χ1v) is 11.1. The Hall–Kier alpha value is -3.07. The summed E-state index contributed by atoms with van der Waals surface area (Å²) in [7, 11) is 0. The van der Waals surface area contributed by atoms with Crippen LogP contribution in [-0.2, 0) is 6.42 Å². The fraction of sp³-hybridized carbons (Fsp3) is 0.286. The zero-order valence-electron chi connectivity index (χ0n) is 18.5. The molecular weight excluding hydrogens is 383 g/mol. The number of alkyl halides is 1. The first kappa shape index (κ1) is 22.6. The normalized spacial score (nSPS) is 12.9. The monoisotopic (exact) mass is 414 g/mol. The Morgan fingerprint density at radius 2 is 1.55 bits per heavy atom. The highest BCUT2D eigenvalue weighted by atomic mass is 19.1. The van der Waals surface area contributed by atoms with E-state index in [2.05, 4.69) is 30.1 Å².